The van der Waals surface area contributed by atoms with Crippen LogP contribution in [0.15, 0.2) is 18.2 Å². The van der Waals surface area contributed by atoms with Crippen molar-refractivity contribution in [1.29, 1.82) is 0 Å². The van der Waals surface area contributed by atoms with E-state index in [1.54, 1.807) is 18.2 Å². The largest absolute Gasteiger partial charge is 0.379 e. The molecule has 29 heavy (non-hydrogen) atoms. The Kier molecular flexibility index (Phi) is 8.15. The molecule has 1 heterocycles. The molecular weight excluding hydrogens is 392 g/mol. The van der Waals surface area contributed by atoms with Crippen LogP contribution in [0.5, 0.6) is 0 Å². The lowest BCUT2D eigenvalue weighted by Gasteiger charge is -2.31. The van der Waals surface area contributed by atoms with Crippen molar-refractivity contribution >= 4 is 29.2 Å². The smallest absolute Gasteiger partial charge is 0.319 e. The van der Waals surface area contributed by atoms with Gasteiger partial charge in [-0.25, -0.2) is 4.79 Å². The number of nitrogens with one attached hydrogen (secondary N) is 2. The first-order valence-electron chi connectivity index (χ1n) is 10.5. The van der Waals surface area contributed by atoms with Crippen LogP contribution in [0.2, 0.25) is 5.02 Å². The number of hydrogen-bond donors (Lipinski definition) is 2. The number of anilines is 1. The molecule has 0 atom stereocenters. The molecule has 1 saturated heterocycles. The minimum Gasteiger partial charge on any atom is -0.379 e. The van der Waals surface area contributed by atoms with Gasteiger partial charge in [0.1, 0.15) is 0 Å². The summed E-state index contributed by atoms with van der Waals surface area (Å²) < 4.78 is 5.31. The molecule has 8 heteroatoms. The Balaban J connectivity index is 1.49. The molecule has 2 fully saturated rings. The lowest BCUT2D eigenvalue weighted by molar-refractivity contribution is 0.0388. The monoisotopic (exact) mass is 422 g/mol. The van der Waals surface area contributed by atoms with Crippen molar-refractivity contribution in [3.05, 3.63) is 28.8 Å². The zero-order valence-corrected chi connectivity index (χ0v) is 17.8. The second kappa shape index (κ2) is 10.8. The van der Waals surface area contributed by atoms with E-state index in [1.165, 1.54) is 19.3 Å². The summed E-state index contributed by atoms with van der Waals surface area (Å²) in [4.78, 5) is 29.0. The van der Waals surface area contributed by atoms with Gasteiger partial charge in [-0.2, -0.15) is 0 Å². The van der Waals surface area contributed by atoms with Crippen LogP contribution in [0, 0.1) is 0 Å². The number of benzene rings is 1. The third-order valence-electron chi connectivity index (χ3n) is 5.72. The Morgan fingerprint density at radius 1 is 1.21 bits per heavy atom. The van der Waals surface area contributed by atoms with E-state index in [0.717, 1.165) is 45.7 Å². The molecule has 1 aliphatic heterocycles. The third-order valence-corrected chi connectivity index (χ3v) is 6.03. The zero-order valence-electron chi connectivity index (χ0n) is 17.1. The predicted molar refractivity (Wildman–Crippen MR) is 115 cm³/mol. The van der Waals surface area contributed by atoms with Gasteiger partial charge in [0, 0.05) is 45.0 Å². The molecule has 0 aromatic heterocycles. The normalized spacial score (nSPS) is 18.3. The van der Waals surface area contributed by atoms with Gasteiger partial charge in [-0.05, 0) is 31.0 Å². The predicted octanol–water partition coefficient (Wildman–Crippen LogP) is 3.20. The Morgan fingerprint density at radius 3 is 2.62 bits per heavy atom. The summed E-state index contributed by atoms with van der Waals surface area (Å²) in [6, 6.07) is 5.03. The molecule has 160 valence electrons. The van der Waals surface area contributed by atoms with Gasteiger partial charge >= 0.3 is 6.03 Å². The van der Waals surface area contributed by atoms with Crippen LogP contribution in [-0.2, 0) is 4.74 Å². The second-order valence-corrected chi connectivity index (χ2v) is 8.14. The number of carbonyl (C=O) groups excluding carboxylic acids is 2. The molecule has 1 aliphatic carbocycles. The Labute approximate surface area is 177 Å². The molecule has 7 nitrogen and oxygen atoms in total. The highest BCUT2D eigenvalue weighted by molar-refractivity contribution is 6.34. The zero-order chi connectivity index (χ0) is 20.6. The number of amides is 3. The lowest BCUT2D eigenvalue weighted by atomic mass is 9.94. The first-order valence-corrected chi connectivity index (χ1v) is 10.8. The minimum atomic E-state index is -0.285. The molecule has 0 unspecified atom stereocenters. The van der Waals surface area contributed by atoms with Gasteiger partial charge < -0.3 is 20.3 Å². The summed E-state index contributed by atoms with van der Waals surface area (Å²) >= 11 is 6.36. The third kappa shape index (κ3) is 6.32. The van der Waals surface area contributed by atoms with Crippen molar-refractivity contribution in [3.63, 3.8) is 0 Å². The van der Waals surface area contributed by atoms with Gasteiger partial charge in [0.15, 0.2) is 0 Å². The summed E-state index contributed by atoms with van der Waals surface area (Å²) in [7, 11) is 1.85. The van der Waals surface area contributed by atoms with Gasteiger partial charge in [0.2, 0.25) is 0 Å². The molecule has 2 N–H and O–H groups in total. The Hall–Kier alpha value is -1.83. The number of ether oxygens (including phenoxy) is 1. The van der Waals surface area contributed by atoms with Crippen molar-refractivity contribution in [2.24, 2.45) is 0 Å². The molecule has 3 rings (SSSR count). The maximum absolute atomic E-state index is 12.8. The quantitative estimate of drug-likeness (QED) is 0.738. The van der Waals surface area contributed by atoms with E-state index in [9.17, 15) is 9.59 Å². The van der Waals surface area contributed by atoms with Crippen molar-refractivity contribution in [1.82, 2.24) is 15.1 Å². The molecule has 0 radical (unpaired) electrons. The van der Waals surface area contributed by atoms with Crippen molar-refractivity contribution in [2.75, 3.05) is 51.8 Å². The fourth-order valence-corrected chi connectivity index (χ4v) is 4.18. The van der Waals surface area contributed by atoms with Crippen LogP contribution < -0.4 is 10.6 Å². The van der Waals surface area contributed by atoms with Crippen molar-refractivity contribution in [2.45, 2.75) is 38.1 Å². The van der Waals surface area contributed by atoms with Crippen molar-refractivity contribution < 1.29 is 14.3 Å². The standard InChI is InChI=1S/C21H31ClN4O3/c1-25(17-5-3-2-4-6-17)20(27)18-8-7-16(15-19(18)22)24-21(28)23-9-10-26-11-13-29-14-12-26/h7-8,15,17H,2-6,9-14H2,1H3,(H2,23,24,28). The maximum atomic E-state index is 12.8. The molecule has 1 aromatic carbocycles. The van der Waals surface area contributed by atoms with E-state index in [2.05, 4.69) is 15.5 Å². The number of carbonyl (C=O) groups is 2. The van der Waals surface area contributed by atoms with Gasteiger partial charge in [-0.3, -0.25) is 9.69 Å². The Morgan fingerprint density at radius 2 is 1.93 bits per heavy atom. The van der Waals surface area contributed by atoms with E-state index in [-0.39, 0.29) is 18.0 Å². The molecule has 1 saturated carbocycles. The van der Waals surface area contributed by atoms with Gasteiger partial charge in [0.05, 0.1) is 23.8 Å². The van der Waals surface area contributed by atoms with Crippen LogP contribution in [-0.4, -0.2) is 74.2 Å². The molecule has 3 amide bonds. The van der Waals surface area contributed by atoms with Gasteiger partial charge in [-0.15, -0.1) is 0 Å². The fraction of sp³-hybridized carbons (Fsp3) is 0.619. The lowest BCUT2D eigenvalue weighted by Crippen LogP contribution is -2.42. The number of urea groups is 1. The second-order valence-electron chi connectivity index (χ2n) is 7.74. The van der Waals surface area contributed by atoms with E-state index >= 15 is 0 Å². The average molecular weight is 423 g/mol. The van der Waals surface area contributed by atoms with Crippen LogP contribution in [0.25, 0.3) is 0 Å². The molecule has 0 spiro atoms. The SMILES string of the molecule is CN(C(=O)c1ccc(NC(=O)NCCN2CCOCC2)cc1Cl)C1CCCCC1. The minimum absolute atomic E-state index is 0.0663. The fourth-order valence-electron chi connectivity index (χ4n) is 3.92. The maximum Gasteiger partial charge on any atom is 0.319 e. The number of nitrogens with zero attached hydrogens (tertiary/aromatic N) is 2. The van der Waals surface area contributed by atoms with Crippen LogP contribution >= 0.6 is 11.6 Å². The topological polar surface area (TPSA) is 73.9 Å². The number of hydrogen-bond acceptors (Lipinski definition) is 4. The number of rotatable bonds is 6. The molecule has 1 aromatic rings. The summed E-state index contributed by atoms with van der Waals surface area (Å²) in [6.45, 7) is 4.62. The van der Waals surface area contributed by atoms with Gasteiger partial charge in [0.25, 0.3) is 5.91 Å². The molecule has 2 aliphatic rings. The summed E-state index contributed by atoms with van der Waals surface area (Å²) in [5, 5.41) is 5.97. The van der Waals surface area contributed by atoms with Crippen LogP contribution in [0.3, 0.4) is 0 Å². The number of morpholine rings is 1. The van der Waals surface area contributed by atoms with E-state index in [4.69, 9.17) is 16.3 Å². The molecule has 0 bridgehead atoms. The van der Waals surface area contributed by atoms with Crippen molar-refractivity contribution in [3.8, 4) is 0 Å². The first-order chi connectivity index (χ1) is 14.0. The highest BCUT2D eigenvalue weighted by Gasteiger charge is 2.24. The number of halogens is 1. The van der Waals surface area contributed by atoms with E-state index < -0.39 is 0 Å². The van der Waals surface area contributed by atoms with Crippen LogP contribution in [0.4, 0.5) is 10.5 Å². The van der Waals surface area contributed by atoms with Crippen LogP contribution in [0.1, 0.15) is 42.5 Å². The molecular formula is C21H31ClN4O3. The van der Waals surface area contributed by atoms with Gasteiger partial charge in [-0.1, -0.05) is 30.9 Å². The highest BCUT2D eigenvalue weighted by Crippen LogP contribution is 2.26. The summed E-state index contributed by atoms with van der Waals surface area (Å²) in [6.07, 6.45) is 5.67. The summed E-state index contributed by atoms with van der Waals surface area (Å²) in [5.74, 6) is -0.0663. The van der Waals surface area contributed by atoms with E-state index in [1.807, 2.05) is 11.9 Å². The average Bonchev–Trinajstić information content (AvgIpc) is 2.74. The Bertz CT molecular complexity index is 703. The summed E-state index contributed by atoms with van der Waals surface area (Å²) in [5.41, 5.74) is 1.04. The van der Waals surface area contributed by atoms with E-state index in [0.29, 0.717) is 22.8 Å². The highest BCUT2D eigenvalue weighted by atomic mass is 35.5. The first kappa shape index (κ1) is 21.9.